The van der Waals surface area contributed by atoms with Crippen LogP contribution in [0.3, 0.4) is 0 Å². The molecule has 0 aromatic heterocycles. The normalized spacial score (nSPS) is 27.0. The van der Waals surface area contributed by atoms with Crippen molar-refractivity contribution in [2.24, 2.45) is 0 Å². The summed E-state index contributed by atoms with van der Waals surface area (Å²) in [6.07, 6.45) is -8.96. The molecule has 87 heavy (non-hydrogen) atoms. The van der Waals surface area contributed by atoms with E-state index in [1.807, 2.05) is 0 Å². The zero-order chi connectivity index (χ0) is 64.9. The van der Waals surface area contributed by atoms with Crippen LogP contribution >= 0.6 is 0 Å². The molecular formula is C57H60O30. The molecule has 3 saturated carbocycles. The summed E-state index contributed by atoms with van der Waals surface area (Å²) in [5, 5.41) is 182. The van der Waals surface area contributed by atoms with Gasteiger partial charge in [-0.3, -0.25) is 0 Å². The zero-order valence-electron chi connectivity index (χ0n) is 45.0. The van der Waals surface area contributed by atoms with Crippen LogP contribution in [-0.4, -0.2) is 211 Å². The number of hydrogen-bond donors (Lipinski definition) is 19. The third kappa shape index (κ3) is 18.4. The summed E-state index contributed by atoms with van der Waals surface area (Å²) in [5.74, 6) is -11.8. The first-order valence-corrected chi connectivity index (χ1v) is 25.5. The highest BCUT2D eigenvalue weighted by molar-refractivity contribution is 5.91. The average molecular weight is 1230 g/mol. The smallest absolute Gasteiger partial charge is 0.348 e. The summed E-state index contributed by atoms with van der Waals surface area (Å²) >= 11 is 0. The quantitative estimate of drug-likeness (QED) is 0.0315. The highest BCUT2D eigenvalue weighted by Gasteiger charge is 2.55. The number of carbonyl (C=O) groups is 7. The molecular weight excluding hydrogens is 1160 g/mol. The van der Waals surface area contributed by atoms with Crippen LogP contribution in [0.15, 0.2) is 97.1 Å². The molecule has 468 valence electrons. The Balaban J connectivity index is 0.000000246. The van der Waals surface area contributed by atoms with Crippen molar-refractivity contribution in [1.82, 2.24) is 0 Å². The maximum Gasteiger partial charge on any atom is 0.348 e. The summed E-state index contributed by atoms with van der Waals surface area (Å²) in [7, 11) is 0. The Morgan fingerprint density at radius 2 is 0.667 bits per heavy atom. The van der Waals surface area contributed by atoms with Crippen LogP contribution in [0.25, 0.3) is 24.3 Å². The molecule has 30 nitrogen and oxygen atoms in total. The molecule has 10 atom stereocenters. The maximum atomic E-state index is 12.4. The second kappa shape index (κ2) is 28.9. The van der Waals surface area contributed by atoms with Crippen molar-refractivity contribution in [1.29, 1.82) is 0 Å². The van der Waals surface area contributed by atoms with E-state index in [9.17, 15) is 120 Å². The van der Waals surface area contributed by atoms with Crippen molar-refractivity contribution in [2.75, 3.05) is 0 Å². The van der Waals surface area contributed by atoms with Gasteiger partial charge < -0.3 is 116 Å². The van der Waals surface area contributed by atoms with Gasteiger partial charge in [0.15, 0.2) is 63.3 Å². The van der Waals surface area contributed by atoms with E-state index in [1.54, 1.807) is 0 Å². The summed E-state index contributed by atoms with van der Waals surface area (Å²) in [4.78, 5) is 82.4. The fourth-order valence-electron chi connectivity index (χ4n) is 8.79. The van der Waals surface area contributed by atoms with Gasteiger partial charge in [0, 0.05) is 62.8 Å². The molecule has 7 rings (SSSR count). The Morgan fingerprint density at radius 1 is 0.368 bits per heavy atom. The van der Waals surface area contributed by atoms with E-state index < -0.39 is 164 Å². The Morgan fingerprint density at radius 3 is 1.00 bits per heavy atom. The van der Waals surface area contributed by atoms with Gasteiger partial charge in [-0.15, -0.1) is 0 Å². The fourth-order valence-corrected chi connectivity index (χ4v) is 8.79. The molecule has 30 heteroatoms. The first kappa shape index (κ1) is 68.0. The van der Waals surface area contributed by atoms with Gasteiger partial charge in [0.2, 0.25) is 5.60 Å². The largest absolute Gasteiger partial charge is 0.504 e. The molecule has 0 aliphatic heterocycles. The van der Waals surface area contributed by atoms with Crippen molar-refractivity contribution >= 4 is 66.1 Å². The monoisotopic (exact) mass is 1220 g/mol. The number of aliphatic hydroxyl groups excluding tert-OH is 6. The number of aliphatic hydroxyl groups is 8. The number of carboxylic acid groups (broad SMARTS) is 3. The fraction of sp³-hybridized carbons (Fsp3) is 0.316. The minimum Gasteiger partial charge on any atom is -0.504 e. The van der Waals surface area contributed by atoms with E-state index in [0.717, 1.165) is 30.4 Å². The summed E-state index contributed by atoms with van der Waals surface area (Å²) in [6, 6.07) is 15.1. The van der Waals surface area contributed by atoms with Gasteiger partial charge in [-0.2, -0.15) is 0 Å². The third-order valence-electron chi connectivity index (χ3n) is 13.5. The van der Waals surface area contributed by atoms with Crippen LogP contribution in [0.4, 0.5) is 0 Å². The Bertz CT molecular complexity index is 3300. The van der Waals surface area contributed by atoms with Crippen molar-refractivity contribution in [3.05, 3.63) is 119 Å². The zero-order valence-corrected chi connectivity index (χ0v) is 45.0. The lowest BCUT2D eigenvalue weighted by molar-refractivity contribution is -0.207. The minimum absolute atomic E-state index is 0.288. The van der Waals surface area contributed by atoms with Crippen molar-refractivity contribution in [2.45, 2.75) is 110 Å². The van der Waals surface area contributed by atoms with Crippen molar-refractivity contribution in [3.63, 3.8) is 0 Å². The Labute approximate surface area is 490 Å². The molecule has 0 amide bonds. The van der Waals surface area contributed by atoms with Crippen molar-refractivity contribution < 1.29 is 150 Å². The number of carbonyl (C=O) groups excluding carboxylic acids is 4. The van der Waals surface area contributed by atoms with Crippen LogP contribution in [0, 0.1) is 0 Å². The van der Waals surface area contributed by atoms with Gasteiger partial charge in [0.05, 0.1) is 24.4 Å². The molecule has 0 unspecified atom stereocenters. The van der Waals surface area contributed by atoms with Gasteiger partial charge in [0.25, 0.3) is 0 Å². The number of ether oxygens (including phenoxy) is 4. The summed E-state index contributed by atoms with van der Waals surface area (Å²) in [6.45, 7) is 0. The molecule has 3 aliphatic carbocycles. The van der Waals surface area contributed by atoms with E-state index in [2.05, 4.69) is 0 Å². The van der Waals surface area contributed by atoms with Crippen LogP contribution in [0.2, 0.25) is 0 Å². The van der Waals surface area contributed by atoms with Crippen LogP contribution in [0.1, 0.15) is 60.8 Å². The van der Waals surface area contributed by atoms with Gasteiger partial charge in [-0.05, 0) is 95.1 Å². The number of aliphatic carboxylic acids is 3. The third-order valence-corrected chi connectivity index (χ3v) is 13.5. The molecule has 3 fully saturated rings. The van der Waals surface area contributed by atoms with E-state index >= 15 is 0 Å². The predicted octanol–water partition coefficient (Wildman–Crippen LogP) is -0.262. The van der Waals surface area contributed by atoms with Crippen LogP contribution in [0.5, 0.6) is 46.0 Å². The number of aromatic hydroxyl groups is 8. The lowest BCUT2D eigenvalue weighted by atomic mass is 9.79. The summed E-state index contributed by atoms with van der Waals surface area (Å²) < 4.78 is 20.1. The highest BCUT2D eigenvalue weighted by atomic mass is 16.6. The second-order valence-electron chi connectivity index (χ2n) is 20.0. The molecule has 0 heterocycles. The average Bonchev–Trinajstić information content (AvgIpc) is 1.40. The number of phenolic OH excluding ortho intramolecular Hbond substituents is 8. The SMILES string of the molecule is O=C(/C=C/c1ccc(O)c(O)c1)O[C@@H]1C[C@](O)(C(=O)O)C[C@@H](O)[C@H]1O.O=C(/C=C/c1ccc(O)c(O)c1)O[C@@H]1C[C@](OC(=O)/C=C/c2ccc(O)c(O)c2)(C(=O)O)C[C@@H](O)[C@H]1O.O=C(C=Cc1ccc(O)c(O)c1)OC1[C@H](O)CC(O)(C(=O)O)C[C@H]1O. The lowest BCUT2D eigenvalue weighted by Gasteiger charge is -2.41. The van der Waals surface area contributed by atoms with E-state index in [4.69, 9.17) is 29.2 Å². The molecule has 0 bridgehead atoms. The number of hydrogen-bond acceptors (Lipinski definition) is 27. The second-order valence-corrected chi connectivity index (χ2v) is 20.0. The standard InChI is InChI=1S/C25H24O12.2C16H18O9/c26-15-5-1-13(9-17(15)28)3-7-21(31)36-20-12-25(24(34)35,11-19(30)23(20)33)37-22(32)8-4-14-2-6-16(27)18(29)10-14;17-9-3-1-8(5-10(9)18)2-4-13(20)25-12-7-16(24,15(22)23)6-11(19)14(12)21;17-9-3-1-8(5-10(9)18)2-4-13(21)25-14-11(19)6-16(24,15(22)23)7-12(14)20/h1-10,19-20,23,26-30,33H,11-12H2,(H,34,35);1-5,11-12,14,17-19,21,24H,6-7H2,(H,22,23);1-5,11-12,14,17-20,24H,6-7H2,(H,22,23)/b7-3+,8-4+;4-2+;/t19-,20-,23-,25+;11-,12-,14-,16+;11-,12-,14?,16?/m111/s1. The van der Waals surface area contributed by atoms with Gasteiger partial charge in [0.1, 0.15) is 24.4 Å². The number of phenols is 8. The van der Waals surface area contributed by atoms with E-state index in [1.165, 1.54) is 91.0 Å². The first-order chi connectivity index (χ1) is 40.6. The van der Waals surface area contributed by atoms with Crippen LogP contribution < -0.4 is 0 Å². The molecule has 4 aromatic carbocycles. The minimum atomic E-state index is -2.34. The van der Waals surface area contributed by atoms with Crippen LogP contribution in [-0.2, 0) is 52.5 Å². The Hall–Kier alpha value is -9.79. The first-order valence-electron chi connectivity index (χ1n) is 25.5. The van der Waals surface area contributed by atoms with E-state index in [0.29, 0.717) is 16.7 Å². The van der Waals surface area contributed by atoms with Gasteiger partial charge in [-0.25, -0.2) is 33.6 Å². The van der Waals surface area contributed by atoms with Gasteiger partial charge in [-0.1, -0.05) is 24.3 Å². The molecule has 0 radical (unpaired) electrons. The van der Waals surface area contributed by atoms with Gasteiger partial charge >= 0.3 is 41.8 Å². The number of carboxylic acids is 3. The molecule has 4 aromatic rings. The highest BCUT2D eigenvalue weighted by Crippen LogP contribution is 2.37. The molecule has 3 aliphatic rings. The number of rotatable bonds is 15. The predicted molar refractivity (Wildman–Crippen MR) is 290 cm³/mol. The number of benzene rings is 4. The molecule has 19 N–H and O–H groups in total. The number of esters is 4. The summed E-state index contributed by atoms with van der Waals surface area (Å²) in [5.41, 5.74) is -5.57. The molecule has 0 saturated heterocycles. The topological polar surface area (TPSA) is 541 Å². The molecule has 0 spiro atoms. The maximum absolute atomic E-state index is 12.4. The van der Waals surface area contributed by atoms with Crippen molar-refractivity contribution in [3.8, 4) is 46.0 Å². The van der Waals surface area contributed by atoms with E-state index in [-0.39, 0.29) is 40.1 Å². The lowest BCUT2D eigenvalue weighted by Crippen LogP contribution is -2.58. The Kier molecular flexibility index (Phi) is 22.6.